The predicted octanol–water partition coefficient (Wildman–Crippen LogP) is 8.52. The lowest BCUT2D eigenvalue weighted by Crippen LogP contribution is -2.39. The highest BCUT2D eigenvalue weighted by molar-refractivity contribution is 5.69. The molecule has 0 saturated heterocycles. The van der Waals surface area contributed by atoms with Crippen molar-refractivity contribution in [3.05, 3.63) is 65.7 Å². The van der Waals surface area contributed by atoms with E-state index in [0.717, 1.165) is 36.2 Å². The average molecular weight is 525 g/mol. The van der Waals surface area contributed by atoms with Crippen molar-refractivity contribution in [2.75, 3.05) is 33.9 Å². The first-order valence-corrected chi connectivity index (χ1v) is 15.2. The molecular formula is C34H54NO3+. The van der Waals surface area contributed by atoms with Crippen LogP contribution in [0.15, 0.2) is 54.6 Å². The number of quaternary nitrogens is 1. The molecule has 0 aromatic heterocycles. The summed E-state index contributed by atoms with van der Waals surface area (Å²) in [4.78, 5) is 12.1. The molecule has 0 amide bonds. The Kier molecular flexibility index (Phi) is 16.5. The maximum atomic E-state index is 12.1. The Hall–Kier alpha value is -2.33. The number of nitrogens with zero attached hydrogens (tertiary/aromatic N) is 1. The summed E-state index contributed by atoms with van der Waals surface area (Å²) in [7, 11) is 4.42. The lowest BCUT2D eigenvalue weighted by atomic mass is 10.0. The van der Waals surface area contributed by atoms with Crippen LogP contribution in [0.5, 0.6) is 5.75 Å². The number of hydrogen-bond donors (Lipinski definition) is 0. The van der Waals surface area contributed by atoms with Gasteiger partial charge in [0.05, 0.1) is 40.3 Å². The Bertz CT molecular complexity index is 848. The third-order valence-corrected chi connectivity index (χ3v) is 7.16. The second-order valence-electron chi connectivity index (χ2n) is 11.4. The molecule has 0 radical (unpaired) electrons. The summed E-state index contributed by atoms with van der Waals surface area (Å²) in [6.07, 6.45) is 16.9. The molecule has 212 valence electrons. The van der Waals surface area contributed by atoms with Gasteiger partial charge in [0, 0.05) is 18.4 Å². The first-order chi connectivity index (χ1) is 18.5. The first kappa shape index (κ1) is 31.9. The number of carbonyl (C=O) groups excluding carboxylic acids is 1. The summed E-state index contributed by atoms with van der Waals surface area (Å²) in [5.41, 5.74) is 2.71. The lowest BCUT2D eigenvalue weighted by molar-refractivity contribution is -0.903. The molecule has 0 aliphatic heterocycles. The summed E-state index contributed by atoms with van der Waals surface area (Å²) in [5.74, 6) is 0.780. The summed E-state index contributed by atoms with van der Waals surface area (Å²) < 4.78 is 12.1. The number of aryl methyl sites for hydroxylation is 1. The van der Waals surface area contributed by atoms with Crippen molar-refractivity contribution in [3.8, 4) is 5.75 Å². The third-order valence-electron chi connectivity index (χ3n) is 7.16. The van der Waals surface area contributed by atoms with Gasteiger partial charge in [-0.15, -0.1) is 0 Å². The van der Waals surface area contributed by atoms with Gasteiger partial charge in [0.1, 0.15) is 12.3 Å². The maximum Gasteiger partial charge on any atom is 0.306 e. The van der Waals surface area contributed by atoms with Crippen molar-refractivity contribution in [1.29, 1.82) is 0 Å². The van der Waals surface area contributed by atoms with Crippen LogP contribution in [0.25, 0.3) is 0 Å². The van der Waals surface area contributed by atoms with Crippen molar-refractivity contribution < 1.29 is 18.8 Å². The molecule has 4 nitrogen and oxygen atoms in total. The number of carbonyl (C=O) groups is 1. The number of ether oxygens (including phenoxy) is 2. The second-order valence-corrected chi connectivity index (χ2v) is 11.4. The van der Waals surface area contributed by atoms with Gasteiger partial charge >= 0.3 is 5.97 Å². The van der Waals surface area contributed by atoms with Crippen LogP contribution in [-0.4, -0.2) is 44.3 Å². The summed E-state index contributed by atoms with van der Waals surface area (Å²) in [6.45, 7) is 5.17. The highest BCUT2D eigenvalue weighted by atomic mass is 16.5. The van der Waals surface area contributed by atoms with Crippen LogP contribution in [0.1, 0.15) is 102 Å². The molecular weight excluding hydrogens is 470 g/mol. The van der Waals surface area contributed by atoms with Crippen LogP contribution in [0.2, 0.25) is 0 Å². The quantitative estimate of drug-likeness (QED) is 0.0879. The van der Waals surface area contributed by atoms with Gasteiger partial charge in [-0.2, -0.15) is 0 Å². The van der Waals surface area contributed by atoms with Crippen molar-refractivity contribution in [1.82, 2.24) is 0 Å². The van der Waals surface area contributed by atoms with E-state index < -0.39 is 0 Å². The van der Waals surface area contributed by atoms with Gasteiger partial charge in [-0.3, -0.25) is 4.79 Å². The monoisotopic (exact) mass is 524 g/mol. The molecule has 2 rings (SSSR count). The number of hydrogen-bond acceptors (Lipinski definition) is 3. The Morgan fingerprint density at radius 2 is 1.32 bits per heavy atom. The predicted molar refractivity (Wildman–Crippen MR) is 159 cm³/mol. The van der Waals surface area contributed by atoms with Crippen molar-refractivity contribution in [2.24, 2.45) is 0 Å². The molecule has 0 aliphatic rings. The molecule has 0 N–H and O–H groups in total. The van der Waals surface area contributed by atoms with E-state index >= 15 is 0 Å². The zero-order valence-electron chi connectivity index (χ0n) is 24.6. The second kappa shape index (κ2) is 19.7. The molecule has 0 fully saturated rings. The number of benzene rings is 2. The number of unbranched alkanes of at least 4 members (excludes halogenated alkanes) is 9. The SMILES string of the molecule is CCCCCCCCCCCCc1ccc(OCCCOC(=O)CCC[N+](C)(C)Cc2ccccc2)cc1. The lowest BCUT2D eigenvalue weighted by Gasteiger charge is -2.29. The molecule has 38 heavy (non-hydrogen) atoms. The Morgan fingerprint density at radius 1 is 0.684 bits per heavy atom. The van der Waals surface area contributed by atoms with E-state index in [-0.39, 0.29) is 5.97 Å². The van der Waals surface area contributed by atoms with E-state index in [1.54, 1.807) is 0 Å². The minimum atomic E-state index is -0.110. The normalized spacial score (nSPS) is 11.4. The van der Waals surface area contributed by atoms with E-state index in [4.69, 9.17) is 9.47 Å². The van der Waals surface area contributed by atoms with E-state index in [0.29, 0.717) is 26.1 Å². The minimum Gasteiger partial charge on any atom is -0.493 e. The zero-order chi connectivity index (χ0) is 27.3. The zero-order valence-corrected chi connectivity index (χ0v) is 24.6. The highest BCUT2D eigenvalue weighted by Gasteiger charge is 2.16. The van der Waals surface area contributed by atoms with Crippen LogP contribution < -0.4 is 4.74 Å². The maximum absolute atomic E-state index is 12.1. The molecule has 0 heterocycles. The summed E-state index contributed by atoms with van der Waals surface area (Å²) in [5, 5.41) is 0. The van der Waals surface area contributed by atoms with E-state index in [1.165, 1.54) is 75.3 Å². The van der Waals surface area contributed by atoms with E-state index in [1.807, 2.05) is 6.07 Å². The van der Waals surface area contributed by atoms with E-state index in [9.17, 15) is 4.79 Å². The van der Waals surface area contributed by atoms with Crippen LogP contribution in [0.3, 0.4) is 0 Å². The molecule has 2 aromatic rings. The van der Waals surface area contributed by atoms with Gasteiger partial charge in [0.2, 0.25) is 0 Å². The molecule has 2 aromatic carbocycles. The molecule has 0 saturated carbocycles. The van der Waals surface area contributed by atoms with E-state index in [2.05, 4.69) is 69.6 Å². The third kappa shape index (κ3) is 15.8. The standard InChI is InChI=1S/C34H54NO3/c1-4-5-6-7-8-9-10-11-12-14-19-31-23-25-33(26-24-31)37-28-18-29-38-34(36)22-17-27-35(2,3)30-32-20-15-13-16-21-32/h13,15-16,20-21,23-26H,4-12,14,17-19,22,27-30H2,1-3H3/q+1. The van der Waals surface area contributed by atoms with Gasteiger partial charge < -0.3 is 14.0 Å². The van der Waals surface area contributed by atoms with Gasteiger partial charge in [0.15, 0.2) is 0 Å². The summed E-state index contributed by atoms with van der Waals surface area (Å²) in [6, 6.07) is 19.0. The van der Waals surface area contributed by atoms with Crippen molar-refractivity contribution in [2.45, 2.75) is 103 Å². The summed E-state index contributed by atoms with van der Waals surface area (Å²) >= 11 is 0. The molecule has 0 bridgehead atoms. The minimum absolute atomic E-state index is 0.110. The van der Waals surface area contributed by atoms with Crippen LogP contribution in [-0.2, 0) is 22.5 Å². The Balaban J connectivity index is 1.45. The van der Waals surface area contributed by atoms with Gasteiger partial charge in [-0.1, -0.05) is 107 Å². The molecule has 0 spiro atoms. The van der Waals surface area contributed by atoms with Crippen LogP contribution >= 0.6 is 0 Å². The fourth-order valence-electron chi connectivity index (χ4n) is 4.88. The molecule has 4 heteroatoms. The van der Waals surface area contributed by atoms with Crippen LogP contribution in [0, 0.1) is 0 Å². The van der Waals surface area contributed by atoms with Gasteiger partial charge in [-0.25, -0.2) is 0 Å². The number of esters is 1. The Morgan fingerprint density at radius 3 is 1.97 bits per heavy atom. The molecule has 0 unspecified atom stereocenters. The molecule has 0 atom stereocenters. The highest BCUT2D eigenvalue weighted by Crippen LogP contribution is 2.16. The first-order valence-electron chi connectivity index (χ1n) is 15.2. The van der Waals surface area contributed by atoms with Crippen LogP contribution in [0.4, 0.5) is 0 Å². The van der Waals surface area contributed by atoms with Gasteiger partial charge in [-0.05, 0) is 30.5 Å². The largest absolute Gasteiger partial charge is 0.493 e. The fraction of sp³-hybridized carbons (Fsp3) is 0.618. The average Bonchev–Trinajstić information content (AvgIpc) is 2.90. The Labute approximate surface area is 233 Å². The molecule has 0 aliphatic carbocycles. The topological polar surface area (TPSA) is 35.5 Å². The van der Waals surface area contributed by atoms with Crippen molar-refractivity contribution in [3.63, 3.8) is 0 Å². The fourth-order valence-corrected chi connectivity index (χ4v) is 4.88. The number of rotatable bonds is 22. The van der Waals surface area contributed by atoms with Gasteiger partial charge in [0.25, 0.3) is 0 Å². The smallest absolute Gasteiger partial charge is 0.306 e. The van der Waals surface area contributed by atoms with Crippen molar-refractivity contribution >= 4 is 5.97 Å².